The van der Waals surface area contributed by atoms with E-state index in [2.05, 4.69) is 26.6 Å². The minimum atomic E-state index is 0.162. The molecule has 1 unspecified atom stereocenters. The Morgan fingerprint density at radius 3 is 2.67 bits per heavy atom. The fourth-order valence-electron chi connectivity index (χ4n) is 5.48. The normalized spacial score (nSPS) is 28.8. The van der Waals surface area contributed by atoms with Crippen molar-refractivity contribution in [2.45, 2.75) is 103 Å². The lowest BCUT2D eigenvalue weighted by Crippen LogP contribution is -2.38. The van der Waals surface area contributed by atoms with Crippen molar-refractivity contribution in [2.24, 2.45) is 11.8 Å². The van der Waals surface area contributed by atoms with Crippen LogP contribution in [0.25, 0.3) is 0 Å². The van der Waals surface area contributed by atoms with Crippen LogP contribution in [-0.2, 0) is 17.8 Å². The molecule has 0 spiro atoms. The zero-order chi connectivity index (χ0) is 18.6. The molecule has 1 aliphatic carbocycles. The number of likely N-dealkylation sites (tertiary alicyclic amines) is 1. The van der Waals surface area contributed by atoms with E-state index < -0.39 is 0 Å². The Kier molecular flexibility index (Phi) is 6.14. The number of amides is 1. The Hall–Kier alpha value is -1.39. The van der Waals surface area contributed by atoms with E-state index in [0.717, 1.165) is 62.8 Å². The van der Waals surface area contributed by atoms with Gasteiger partial charge in [0, 0.05) is 25.4 Å². The van der Waals surface area contributed by atoms with E-state index in [9.17, 15) is 4.79 Å². The molecule has 3 aliphatic rings. The van der Waals surface area contributed by atoms with E-state index in [1.165, 1.54) is 51.4 Å². The summed E-state index contributed by atoms with van der Waals surface area (Å²) in [5, 5.41) is 9.05. The molecule has 5 nitrogen and oxygen atoms in total. The van der Waals surface area contributed by atoms with Gasteiger partial charge in [0.05, 0.1) is 6.04 Å². The first-order valence-corrected chi connectivity index (χ1v) is 11.5. The first kappa shape index (κ1) is 18.9. The molecule has 0 aromatic carbocycles. The highest BCUT2D eigenvalue weighted by Gasteiger charge is 2.38. The van der Waals surface area contributed by atoms with Crippen LogP contribution >= 0.6 is 0 Å². The molecule has 4 rings (SSSR count). The van der Waals surface area contributed by atoms with Gasteiger partial charge in [0.1, 0.15) is 5.82 Å². The van der Waals surface area contributed by atoms with Gasteiger partial charge in [-0.25, -0.2) is 0 Å². The molecular weight excluding hydrogens is 336 g/mol. The third-order valence-corrected chi connectivity index (χ3v) is 7.13. The Balaban J connectivity index is 1.42. The van der Waals surface area contributed by atoms with Gasteiger partial charge in [0.2, 0.25) is 5.91 Å². The lowest BCUT2D eigenvalue weighted by Gasteiger charge is -2.33. The van der Waals surface area contributed by atoms with Crippen LogP contribution in [0.3, 0.4) is 0 Å². The molecule has 2 fully saturated rings. The molecule has 1 aromatic heterocycles. The van der Waals surface area contributed by atoms with Crippen LogP contribution in [0.4, 0.5) is 0 Å². The molecule has 150 valence electrons. The summed E-state index contributed by atoms with van der Waals surface area (Å²) in [6.45, 7) is 4.20. The molecule has 2 aliphatic heterocycles. The zero-order valence-electron chi connectivity index (χ0n) is 17.0. The molecule has 1 atom stereocenters. The maximum absolute atomic E-state index is 13.3. The number of nitrogens with zero attached hydrogens (tertiary/aromatic N) is 4. The summed E-state index contributed by atoms with van der Waals surface area (Å²) in [6, 6.07) is 0.162. The van der Waals surface area contributed by atoms with Crippen molar-refractivity contribution in [1.82, 2.24) is 19.7 Å². The SMILES string of the molecule is CCCCC1CCC(C(=O)N2CCCC2c2nnc3n2CCCCC3)CC1. The van der Waals surface area contributed by atoms with E-state index >= 15 is 0 Å². The van der Waals surface area contributed by atoms with Crippen LogP contribution in [0.5, 0.6) is 0 Å². The topological polar surface area (TPSA) is 51.0 Å². The second-order valence-corrected chi connectivity index (χ2v) is 8.99. The average molecular weight is 373 g/mol. The Morgan fingerprint density at radius 2 is 1.85 bits per heavy atom. The number of rotatable bonds is 5. The summed E-state index contributed by atoms with van der Waals surface area (Å²) in [7, 11) is 0. The number of carbonyl (C=O) groups is 1. The van der Waals surface area contributed by atoms with Crippen molar-refractivity contribution in [3.8, 4) is 0 Å². The van der Waals surface area contributed by atoms with Crippen molar-refractivity contribution in [3.05, 3.63) is 11.6 Å². The minimum absolute atomic E-state index is 0.162. The van der Waals surface area contributed by atoms with Gasteiger partial charge in [-0.05, 0) is 57.3 Å². The molecule has 5 heteroatoms. The highest BCUT2D eigenvalue weighted by atomic mass is 16.2. The molecule has 0 radical (unpaired) electrons. The first-order valence-electron chi connectivity index (χ1n) is 11.5. The standard InChI is InChI=1S/C22H36N4O/c1-2-3-8-17-11-13-18(14-12-17)22(27)25-16-7-9-19(25)21-24-23-20-10-5-4-6-15-26(20)21/h17-19H,2-16H2,1H3. The Labute approximate surface area is 163 Å². The predicted molar refractivity (Wildman–Crippen MR) is 106 cm³/mol. The van der Waals surface area contributed by atoms with Crippen LogP contribution in [0, 0.1) is 11.8 Å². The monoisotopic (exact) mass is 372 g/mol. The van der Waals surface area contributed by atoms with Gasteiger partial charge in [-0.15, -0.1) is 10.2 Å². The lowest BCUT2D eigenvalue weighted by atomic mass is 9.79. The zero-order valence-corrected chi connectivity index (χ0v) is 17.0. The minimum Gasteiger partial charge on any atom is -0.332 e. The smallest absolute Gasteiger partial charge is 0.226 e. The highest BCUT2D eigenvalue weighted by molar-refractivity contribution is 5.79. The molecule has 1 aromatic rings. The quantitative estimate of drug-likeness (QED) is 0.755. The van der Waals surface area contributed by atoms with Gasteiger partial charge in [0.15, 0.2) is 5.82 Å². The van der Waals surface area contributed by atoms with Crippen molar-refractivity contribution in [1.29, 1.82) is 0 Å². The third kappa shape index (κ3) is 4.07. The first-order chi connectivity index (χ1) is 13.3. The van der Waals surface area contributed by atoms with Crippen molar-refractivity contribution >= 4 is 5.91 Å². The van der Waals surface area contributed by atoms with Gasteiger partial charge in [-0.3, -0.25) is 4.79 Å². The lowest BCUT2D eigenvalue weighted by molar-refractivity contribution is -0.138. The number of hydrogen-bond acceptors (Lipinski definition) is 3. The Bertz CT molecular complexity index is 632. The van der Waals surface area contributed by atoms with Gasteiger partial charge in [-0.1, -0.05) is 32.6 Å². The summed E-state index contributed by atoms with van der Waals surface area (Å²) in [5.41, 5.74) is 0. The van der Waals surface area contributed by atoms with Crippen molar-refractivity contribution in [2.75, 3.05) is 6.54 Å². The van der Waals surface area contributed by atoms with Gasteiger partial charge >= 0.3 is 0 Å². The Morgan fingerprint density at radius 1 is 1.00 bits per heavy atom. The number of hydrogen-bond donors (Lipinski definition) is 0. The van der Waals surface area contributed by atoms with E-state index in [1.807, 2.05) is 0 Å². The van der Waals surface area contributed by atoms with Crippen LogP contribution in [0.15, 0.2) is 0 Å². The van der Waals surface area contributed by atoms with Crippen molar-refractivity contribution in [3.63, 3.8) is 0 Å². The maximum atomic E-state index is 13.3. The molecule has 0 bridgehead atoms. The van der Waals surface area contributed by atoms with Crippen LogP contribution in [-0.4, -0.2) is 32.1 Å². The van der Waals surface area contributed by atoms with Gasteiger partial charge in [0.25, 0.3) is 0 Å². The van der Waals surface area contributed by atoms with E-state index in [1.54, 1.807) is 0 Å². The van der Waals surface area contributed by atoms with E-state index in [-0.39, 0.29) is 12.0 Å². The largest absolute Gasteiger partial charge is 0.332 e. The van der Waals surface area contributed by atoms with E-state index in [4.69, 9.17) is 0 Å². The molecular formula is C22H36N4O. The molecule has 3 heterocycles. The van der Waals surface area contributed by atoms with Crippen LogP contribution < -0.4 is 0 Å². The summed E-state index contributed by atoms with van der Waals surface area (Å²) >= 11 is 0. The summed E-state index contributed by atoms with van der Waals surface area (Å²) < 4.78 is 2.34. The summed E-state index contributed by atoms with van der Waals surface area (Å²) in [5.74, 6) is 3.70. The molecule has 1 saturated carbocycles. The predicted octanol–water partition coefficient (Wildman–Crippen LogP) is 4.66. The molecule has 1 saturated heterocycles. The number of aryl methyl sites for hydroxylation is 1. The molecule has 27 heavy (non-hydrogen) atoms. The van der Waals surface area contributed by atoms with Crippen LogP contribution in [0.2, 0.25) is 0 Å². The fourth-order valence-corrected chi connectivity index (χ4v) is 5.48. The van der Waals surface area contributed by atoms with Crippen molar-refractivity contribution < 1.29 is 4.79 Å². The molecule has 0 N–H and O–H groups in total. The molecule has 1 amide bonds. The maximum Gasteiger partial charge on any atom is 0.226 e. The van der Waals surface area contributed by atoms with E-state index in [0.29, 0.717) is 5.91 Å². The van der Waals surface area contributed by atoms with Gasteiger partial charge in [-0.2, -0.15) is 0 Å². The summed E-state index contributed by atoms with van der Waals surface area (Å²) in [6.07, 6.45) is 15.6. The second-order valence-electron chi connectivity index (χ2n) is 8.99. The summed E-state index contributed by atoms with van der Waals surface area (Å²) in [4.78, 5) is 15.5. The second kappa shape index (κ2) is 8.74. The highest BCUT2D eigenvalue weighted by Crippen LogP contribution is 2.38. The third-order valence-electron chi connectivity index (χ3n) is 7.13. The number of aromatic nitrogens is 3. The fraction of sp³-hybridized carbons (Fsp3) is 0.864. The average Bonchev–Trinajstić information content (AvgIpc) is 3.27. The van der Waals surface area contributed by atoms with Gasteiger partial charge < -0.3 is 9.47 Å². The number of fused-ring (bicyclic) bond motifs is 1. The number of unbranched alkanes of at least 4 members (excludes halogenated alkanes) is 1. The number of carbonyl (C=O) groups excluding carboxylic acids is 1. The van der Waals surface area contributed by atoms with Crippen LogP contribution in [0.1, 0.15) is 102 Å².